The van der Waals surface area contributed by atoms with Gasteiger partial charge in [0.15, 0.2) is 0 Å². The summed E-state index contributed by atoms with van der Waals surface area (Å²) >= 11 is 5.93. The number of piperidine rings is 1. The molecular formula is C16H19ClN4. The van der Waals surface area contributed by atoms with Gasteiger partial charge in [-0.15, -0.1) is 0 Å². The van der Waals surface area contributed by atoms with Gasteiger partial charge in [0, 0.05) is 35.9 Å². The Labute approximate surface area is 130 Å². The standard InChI is InChI=1S/C16H19ClN4/c1-11-15(12-2-4-13(17)5-3-12)10-19-16(20-11)21-8-6-14(18)7-9-21/h2-5,10,14H,6-9,18H2,1H3. The minimum atomic E-state index is 0.315. The molecule has 1 aliphatic rings. The molecule has 4 nitrogen and oxygen atoms in total. The summed E-state index contributed by atoms with van der Waals surface area (Å²) in [5.41, 5.74) is 9.06. The fourth-order valence-electron chi connectivity index (χ4n) is 2.62. The molecule has 110 valence electrons. The molecule has 2 N–H and O–H groups in total. The minimum absolute atomic E-state index is 0.315. The number of anilines is 1. The van der Waals surface area contributed by atoms with Gasteiger partial charge in [0.25, 0.3) is 0 Å². The average Bonchev–Trinajstić information content (AvgIpc) is 2.49. The molecule has 1 saturated heterocycles. The first kappa shape index (κ1) is 14.3. The zero-order chi connectivity index (χ0) is 14.8. The monoisotopic (exact) mass is 302 g/mol. The van der Waals surface area contributed by atoms with Gasteiger partial charge in [0.2, 0.25) is 5.95 Å². The zero-order valence-electron chi connectivity index (χ0n) is 12.1. The van der Waals surface area contributed by atoms with Gasteiger partial charge in [-0.05, 0) is 37.5 Å². The number of halogens is 1. The third kappa shape index (κ3) is 3.17. The largest absolute Gasteiger partial charge is 0.341 e. The molecule has 0 bridgehead atoms. The molecule has 1 aliphatic heterocycles. The summed E-state index contributed by atoms with van der Waals surface area (Å²) in [6.45, 7) is 3.88. The smallest absolute Gasteiger partial charge is 0.225 e. The second-order valence-electron chi connectivity index (χ2n) is 5.50. The first-order chi connectivity index (χ1) is 10.1. The van der Waals surface area contributed by atoms with Crippen LogP contribution in [0.4, 0.5) is 5.95 Å². The number of rotatable bonds is 2. The summed E-state index contributed by atoms with van der Waals surface area (Å²) < 4.78 is 0. The number of benzene rings is 1. The Bertz CT molecular complexity index is 619. The van der Waals surface area contributed by atoms with E-state index in [9.17, 15) is 0 Å². The van der Waals surface area contributed by atoms with Crippen LogP contribution in [-0.2, 0) is 0 Å². The van der Waals surface area contributed by atoms with Gasteiger partial charge in [0.05, 0.1) is 5.69 Å². The lowest BCUT2D eigenvalue weighted by molar-refractivity contribution is 0.495. The molecule has 0 spiro atoms. The summed E-state index contributed by atoms with van der Waals surface area (Å²) in [7, 11) is 0. The van der Waals surface area contributed by atoms with Gasteiger partial charge >= 0.3 is 0 Å². The van der Waals surface area contributed by atoms with Crippen molar-refractivity contribution in [1.82, 2.24) is 9.97 Å². The van der Waals surface area contributed by atoms with E-state index in [0.717, 1.165) is 53.7 Å². The van der Waals surface area contributed by atoms with E-state index in [1.54, 1.807) is 0 Å². The molecule has 0 saturated carbocycles. The van der Waals surface area contributed by atoms with Crippen LogP contribution < -0.4 is 10.6 Å². The number of nitrogens with zero attached hydrogens (tertiary/aromatic N) is 3. The summed E-state index contributed by atoms with van der Waals surface area (Å²) in [6.07, 6.45) is 3.90. The maximum absolute atomic E-state index is 5.94. The molecule has 0 amide bonds. The lowest BCUT2D eigenvalue weighted by atomic mass is 10.1. The van der Waals surface area contributed by atoms with E-state index in [-0.39, 0.29) is 0 Å². The summed E-state index contributed by atoms with van der Waals surface area (Å²) in [4.78, 5) is 11.4. The second-order valence-corrected chi connectivity index (χ2v) is 5.94. The predicted octanol–water partition coefficient (Wildman–Crippen LogP) is 3.03. The van der Waals surface area contributed by atoms with Crippen LogP contribution in [0.15, 0.2) is 30.5 Å². The van der Waals surface area contributed by atoms with E-state index in [1.807, 2.05) is 37.4 Å². The molecule has 1 aromatic heterocycles. The minimum Gasteiger partial charge on any atom is -0.341 e. The highest BCUT2D eigenvalue weighted by Crippen LogP contribution is 2.25. The van der Waals surface area contributed by atoms with Gasteiger partial charge < -0.3 is 10.6 Å². The van der Waals surface area contributed by atoms with Crippen molar-refractivity contribution in [3.63, 3.8) is 0 Å². The van der Waals surface area contributed by atoms with Crippen LogP contribution in [-0.4, -0.2) is 29.1 Å². The molecule has 0 radical (unpaired) electrons. The number of aryl methyl sites for hydroxylation is 1. The Balaban J connectivity index is 1.84. The molecule has 0 aliphatic carbocycles. The molecular weight excluding hydrogens is 284 g/mol. The van der Waals surface area contributed by atoms with E-state index >= 15 is 0 Å². The molecule has 0 unspecified atom stereocenters. The SMILES string of the molecule is Cc1nc(N2CCC(N)CC2)ncc1-c1ccc(Cl)cc1. The quantitative estimate of drug-likeness (QED) is 0.926. The highest BCUT2D eigenvalue weighted by atomic mass is 35.5. The number of hydrogen-bond donors (Lipinski definition) is 1. The fraction of sp³-hybridized carbons (Fsp3) is 0.375. The maximum atomic E-state index is 5.94. The van der Waals surface area contributed by atoms with Crippen LogP contribution >= 0.6 is 11.6 Å². The molecule has 1 fully saturated rings. The van der Waals surface area contributed by atoms with E-state index < -0.39 is 0 Å². The van der Waals surface area contributed by atoms with Crippen LogP contribution in [0, 0.1) is 6.92 Å². The molecule has 21 heavy (non-hydrogen) atoms. The van der Waals surface area contributed by atoms with Crippen LogP contribution in [0.25, 0.3) is 11.1 Å². The highest BCUT2D eigenvalue weighted by molar-refractivity contribution is 6.30. The normalized spacial score (nSPS) is 16.2. The van der Waals surface area contributed by atoms with Crippen molar-refractivity contribution in [1.29, 1.82) is 0 Å². The predicted molar refractivity (Wildman–Crippen MR) is 86.6 cm³/mol. The number of nitrogens with two attached hydrogens (primary N) is 1. The van der Waals surface area contributed by atoms with Crippen molar-refractivity contribution >= 4 is 17.5 Å². The van der Waals surface area contributed by atoms with Gasteiger partial charge in [0.1, 0.15) is 0 Å². The summed E-state index contributed by atoms with van der Waals surface area (Å²) in [5, 5.41) is 0.735. The van der Waals surface area contributed by atoms with Crippen molar-refractivity contribution in [2.24, 2.45) is 5.73 Å². The van der Waals surface area contributed by atoms with Crippen molar-refractivity contribution < 1.29 is 0 Å². The molecule has 1 aromatic carbocycles. The Morgan fingerprint density at radius 2 is 1.86 bits per heavy atom. The number of hydrogen-bond acceptors (Lipinski definition) is 4. The van der Waals surface area contributed by atoms with E-state index in [1.165, 1.54) is 0 Å². The Morgan fingerprint density at radius 1 is 1.19 bits per heavy atom. The van der Waals surface area contributed by atoms with Crippen LogP contribution in [0.1, 0.15) is 18.5 Å². The molecule has 5 heteroatoms. The van der Waals surface area contributed by atoms with Crippen molar-refractivity contribution in [3.05, 3.63) is 41.2 Å². The van der Waals surface area contributed by atoms with E-state index in [4.69, 9.17) is 17.3 Å². The molecule has 2 heterocycles. The average molecular weight is 303 g/mol. The molecule has 3 rings (SSSR count). The number of aromatic nitrogens is 2. The molecule has 0 atom stereocenters. The maximum Gasteiger partial charge on any atom is 0.225 e. The Kier molecular flexibility index (Phi) is 4.08. The fourth-order valence-corrected chi connectivity index (χ4v) is 2.75. The van der Waals surface area contributed by atoms with Gasteiger partial charge in [-0.25, -0.2) is 9.97 Å². The van der Waals surface area contributed by atoms with Crippen LogP contribution in [0.3, 0.4) is 0 Å². The first-order valence-electron chi connectivity index (χ1n) is 7.23. The zero-order valence-corrected chi connectivity index (χ0v) is 12.8. The Morgan fingerprint density at radius 3 is 2.48 bits per heavy atom. The van der Waals surface area contributed by atoms with Crippen molar-refractivity contribution in [3.8, 4) is 11.1 Å². The third-order valence-electron chi connectivity index (χ3n) is 3.94. The van der Waals surface area contributed by atoms with Gasteiger partial charge in [-0.2, -0.15) is 0 Å². The lowest BCUT2D eigenvalue weighted by Gasteiger charge is -2.30. The van der Waals surface area contributed by atoms with Gasteiger partial charge in [-0.1, -0.05) is 23.7 Å². The third-order valence-corrected chi connectivity index (χ3v) is 4.20. The van der Waals surface area contributed by atoms with Crippen LogP contribution in [0.2, 0.25) is 5.02 Å². The Hall–Kier alpha value is -1.65. The second kappa shape index (κ2) is 6.00. The topological polar surface area (TPSA) is 55.0 Å². The summed E-state index contributed by atoms with van der Waals surface area (Å²) in [5.74, 6) is 0.803. The van der Waals surface area contributed by atoms with Gasteiger partial charge in [-0.3, -0.25) is 0 Å². The summed E-state index contributed by atoms with van der Waals surface area (Å²) in [6, 6.07) is 8.07. The lowest BCUT2D eigenvalue weighted by Crippen LogP contribution is -2.40. The van der Waals surface area contributed by atoms with E-state index in [2.05, 4.69) is 14.9 Å². The van der Waals surface area contributed by atoms with E-state index in [0.29, 0.717) is 6.04 Å². The highest BCUT2D eigenvalue weighted by Gasteiger charge is 2.18. The van der Waals surface area contributed by atoms with Crippen molar-refractivity contribution in [2.75, 3.05) is 18.0 Å². The first-order valence-corrected chi connectivity index (χ1v) is 7.61. The van der Waals surface area contributed by atoms with Crippen molar-refractivity contribution in [2.45, 2.75) is 25.8 Å². The molecule has 2 aromatic rings. The van der Waals surface area contributed by atoms with Crippen LogP contribution in [0.5, 0.6) is 0 Å².